The second-order valence-corrected chi connectivity index (χ2v) is 4.37. The Morgan fingerprint density at radius 2 is 1.95 bits per heavy atom. The van der Waals surface area contributed by atoms with Crippen LogP contribution in [-0.2, 0) is 9.53 Å². The molecule has 1 aromatic rings. The highest BCUT2D eigenvalue weighted by Crippen LogP contribution is 2.02. The van der Waals surface area contributed by atoms with Crippen molar-refractivity contribution >= 4 is 11.8 Å². The molecule has 1 atom stereocenters. The molecule has 0 spiro atoms. The third kappa shape index (κ3) is 3.51. The molecule has 0 aromatic carbocycles. The average Bonchev–Trinajstić information content (AvgIpc) is 2.48. The molecule has 2 amide bonds. The van der Waals surface area contributed by atoms with Crippen molar-refractivity contribution in [3.05, 3.63) is 30.1 Å². The number of nitrogens with one attached hydrogen (secondary N) is 1. The number of carbonyl (C=O) groups excluding carboxylic acids is 2. The van der Waals surface area contributed by atoms with Gasteiger partial charge in [0.2, 0.25) is 5.91 Å². The van der Waals surface area contributed by atoms with Gasteiger partial charge in [-0.15, -0.1) is 0 Å². The number of amides is 2. The van der Waals surface area contributed by atoms with Gasteiger partial charge in [0.15, 0.2) is 0 Å². The molecule has 2 rings (SSSR count). The minimum atomic E-state index is -0.543. The van der Waals surface area contributed by atoms with E-state index in [4.69, 9.17) is 4.74 Å². The van der Waals surface area contributed by atoms with Crippen LogP contribution in [0.25, 0.3) is 0 Å². The summed E-state index contributed by atoms with van der Waals surface area (Å²) in [4.78, 5) is 29.6. The Kier molecular flexibility index (Phi) is 4.46. The lowest BCUT2D eigenvalue weighted by Gasteiger charge is -2.29. The molecule has 0 bridgehead atoms. The maximum absolute atomic E-state index is 12.1. The van der Waals surface area contributed by atoms with E-state index in [0.717, 1.165) is 0 Å². The Labute approximate surface area is 111 Å². The molecule has 0 saturated carbocycles. The Bertz CT molecular complexity index is 444. The van der Waals surface area contributed by atoms with E-state index in [9.17, 15) is 9.59 Å². The number of hydrogen-bond acceptors (Lipinski definition) is 4. The van der Waals surface area contributed by atoms with Crippen molar-refractivity contribution < 1.29 is 14.3 Å². The predicted octanol–water partition coefficient (Wildman–Crippen LogP) is 0.0587. The first-order valence-corrected chi connectivity index (χ1v) is 6.26. The van der Waals surface area contributed by atoms with E-state index in [0.29, 0.717) is 31.9 Å². The molecule has 0 unspecified atom stereocenters. The van der Waals surface area contributed by atoms with Crippen LogP contribution in [-0.4, -0.2) is 54.0 Å². The summed E-state index contributed by atoms with van der Waals surface area (Å²) >= 11 is 0. The Balaban J connectivity index is 1.91. The van der Waals surface area contributed by atoms with Crippen molar-refractivity contribution in [1.82, 2.24) is 15.2 Å². The van der Waals surface area contributed by atoms with Gasteiger partial charge < -0.3 is 15.0 Å². The van der Waals surface area contributed by atoms with E-state index in [-0.39, 0.29) is 11.8 Å². The fourth-order valence-electron chi connectivity index (χ4n) is 1.90. The van der Waals surface area contributed by atoms with E-state index in [1.165, 1.54) is 0 Å². The van der Waals surface area contributed by atoms with Crippen LogP contribution in [0.15, 0.2) is 24.5 Å². The van der Waals surface area contributed by atoms with Crippen molar-refractivity contribution in [2.75, 3.05) is 26.3 Å². The first-order valence-electron chi connectivity index (χ1n) is 6.26. The first kappa shape index (κ1) is 13.5. The number of aromatic nitrogens is 1. The maximum atomic E-state index is 12.1. The van der Waals surface area contributed by atoms with Crippen LogP contribution >= 0.6 is 0 Å². The molecule has 102 valence electrons. The molecule has 0 radical (unpaired) electrons. The summed E-state index contributed by atoms with van der Waals surface area (Å²) in [6.07, 6.45) is 3.09. The molecule has 1 aromatic heterocycles. The number of rotatable bonds is 3. The lowest BCUT2D eigenvalue weighted by Crippen LogP contribution is -2.50. The van der Waals surface area contributed by atoms with Crippen molar-refractivity contribution in [1.29, 1.82) is 0 Å². The van der Waals surface area contributed by atoms with Crippen molar-refractivity contribution in [2.24, 2.45) is 0 Å². The molecule has 6 heteroatoms. The third-order valence-corrected chi connectivity index (χ3v) is 2.98. The minimum absolute atomic E-state index is 0.0780. The summed E-state index contributed by atoms with van der Waals surface area (Å²) in [5.74, 6) is -0.345. The van der Waals surface area contributed by atoms with E-state index in [1.807, 2.05) is 0 Å². The van der Waals surface area contributed by atoms with Crippen LogP contribution in [0, 0.1) is 0 Å². The Morgan fingerprint density at radius 3 is 2.58 bits per heavy atom. The Morgan fingerprint density at radius 1 is 1.32 bits per heavy atom. The number of pyridine rings is 1. The van der Waals surface area contributed by atoms with E-state index >= 15 is 0 Å². The number of ether oxygens (including phenoxy) is 1. The summed E-state index contributed by atoms with van der Waals surface area (Å²) in [5.41, 5.74) is 0.497. The monoisotopic (exact) mass is 263 g/mol. The van der Waals surface area contributed by atoms with Crippen LogP contribution in [0.2, 0.25) is 0 Å². The van der Waals surface area contributed by atoms with Gasteiger partial charge in [0.25, 0.3) is 5.91 Å². The van der Waals surface area contributed by atoms with Crippen molar-refractivity contribution in [3.63, 3.8) is 0 Å². The van der Waals surface area contributed by atoms with Crippen LogP contribution < -0.4 is 5.32 Å². The van der Waals surface area contributed by atoms with Gasteiger partial charge in [-0.2, -0.15) is 0 Å². The molecule has 1 aliphatic heterocycles. The van der Waals surface area contributed by atoms with E-state index < -0.39 is 6.04 Å². The topological polar surface area (TPSA) is 71.5 Å². The van der Waals surface area contributed by atoms with Crippen molar-refractivity contribution in [2.45, 2.75) is 13.0 Å². The number of nitrogens with zero attached hydrogens (tertiary/aromatic N) is 2. The van der Waals surface area contributed by atoms with Gasteiger partial charge in [0.1, 0.15) is 6.04 Å². The van der Waals surface area contributed by atoms with E-state index in [1.54, 1.807) is 36.4 Å². The van der Waals surface area contributed by atoms with Gasteiger partial charge >= 0.3 is 0 Å². The van der Waals surface area contributed by atoms with Crippen LogP contribution in [0.3, 0.4) is 0 Å². The molecular weight excluding hydrogens is 246 g/mol. The van der Waals surface area contributed by atoms with Gasteiger partial charge in [-0.05, 0) is 19.1 Å². The summed E-state index contributed by atoms with van der Waals surface area (Å²) in [6.45, 7) is 3.95. The zero-order valence-corrected chi connectivity index (χ0v) is 10.8. The summed E-state index contributed by atoms with van der Waals surface area (Å²) < 4.78 is 5.19. The molecule has 1 fully saturated rings. The maximum Gasteiger partial charge on any atom is 0.252 e. The number of hydrogen-bond donors (Lipinski definition) is 1. The van der Waals surface area contributed by atoms with Gasteiger partial charge in [-0.1, -0.05) is 0 Å². The number of carbonyl (C=O) groups is 2. The molecule has 6 nitrogen and oxygen atoms in total. The highest BCUT2D eigenvalue weighted by Gasteiger charge is 2.23. The molecule has 1 saturated heterocycles. The molecule has 1 aliphatic rings. The van der Waals surface area contributed by atoms with Gasteiger partial charge in [0.05, 0.1) is 13.2 Å². The highest BCUT2D eigenvalue weighted by molar-refractivity contribution is 5.97. The van der Waals surface area contributed by atoms with Crippen LogP contribution in [0.1, 0.15) is 17.3 Å². The zero-order chi connectivity index (χ0) is 13.7. The van der Waals surface area contributed by atoms with Crippen LogP contribution in [0.4, 0.5) is 0 Å². The zero-order valence-electron chi connectivity index (χ0n) is 10.8. The normalized spacial score (nSPS) is 16.8. The SMILES string of the molecule is C[C@@H](NC(=O)c1ccncc1)C(=O)N1CCOCC1. The summed E-state index contributed by atoms with van der Waals surface area (Å²) in [6, 6.07) is 2.68. The second kappa shape index (κ2) is 6.29. The molecule has 0 aliphatic carbocycles. The first-order chi connectivity index (χ1) is 9.18. The van der Waals surface area contributed by atoms with Crippen LogP contribution in [0.5, 0.6) is 0 Å². The number of morpholine rings is 1. The smallest absolute Gasteiger partial charge is 0.252 e. The van der Waals surface area contributed by atoms with E-state index in [2.05, 4.69) is 10.3 Å². The molecule has 1 N–H and O–H groups in total. The average molecular weight is 263 g/mol. The second-order valence-electron chi connectivity index (χ2n) is 4.37. The van der Waals surface area contributed by atoms with Gasteiger partial charge in [-0.25, -0.2) is 0 Å². The third-order valence-electron chi connectivity index (χ3n) is 2.98. The summed E-state index contributed by atoms with van der Waals surface area (Å²) in [5, 5.41) is 2.69. The molecule has 19 heavy (non-hydrogen) atoms. The predicted molar refractivity (Wildman–Crippen MR) is 68.6 cm³/mol. The Hall–Kier alpha value is -1.95. The quantitative estimate of drug-likeness (QED) is 0.837. The summed E-state index contributed by atoms with van der Waals surface area (Å²) in [7, 11) is 0. The van der Waals surface area contributed by atoms with Gasteiger partial charge in [0, 0.05) is 31.0 Å². The minimum Gasteiger partial charge on any atom is -0.378 e. The fraction of sp³-hybridized carbons (Fsp3) is 0.462. The highest BCUT2D eigenvalue weighted by atomic mass is 16.5. The largest absolute Gasteiger partial charge is 0.378 e. The lowest BCUT2D eigenvalue weighted by molar-refractivity contribution is -0.136. The molecule has 2 heterocycles. The standard InChI is InChI=1S/C13H17N3O3/c1-10(13(18)16-6-8-19-9-7-16)15-12(17)11-2-4-14-5-3-11/h2-5,10H,6-9H2,1H3,(H,15,17)/t10-/m1/s1. The molecular formula is C13H17N3O3. The lowest BCUT2D eigenvalue weighted by atomic mass is 10.2. The van der Waals surface area contributed by atoms with Crippen molar-refractivity contribution in [3.8, 4) is 0 Å². The van der Waals surface area contributed by atoms with Gasteiger partial charge in [-0.3, -0.25) is 14.6 Å². The fourth-order valence-corrected chi connectivity index (χ4v) is 1.90.